The first-order chi connectivity index (χ1) is 16.9. The van der Waals surface area contributed by atoms with Crippen LogP contribution in [0.2, 0.25) is 0 Å². The van der Waals surface area contributed by atoms with Crippen LogP contribution in [0, 0.1) is 17.2 Å². The summed E-state index contributed by atoms with van der Waals surface area (Å²) in [6.07, 6.45) is 6.47. The Balaban J connectivity index is 0.000000392. The van der Waals surface area contributed by atoms with Gasteiger partial charge in [0, 0.05) is 23.4 Å². The Morgan fingerprint density at radius 2 is 1.86 bits per heavy atom. The van der Waals surface area contributed by atoms with Crippen molar-refractivity contribution in [2.45, 2.75) is 71.0 Å². The number of benzene rings is 1. The molecule has 194 valence electrons. The molecule has 1 fully saturated rings. The minimum Gasteiger partial charge on any atom is -0.465 e. The summed E-state index contributed by atoms with van der Waals surface area (Å²) in [5, 5.41) is 20.4. The summed E-state index contributed by atoms with van der Waals surface area (Å²) in [5.41, 5.74) is 2.37. The molecule has 1 aliphatic carbocycles. The van der Waals surface area contributed by atoms with E-state index < -0.39 is 16.1 Å². The molecule has 0 bridgehead atoms. The normalized spacial score (nSPS) is 18.3. The third-order valence-electron chi connectivity index (χ3n) is 6.03. The number of fused-ring (bicyclic) bond motifs is 3. The summed E-state index contributed by atoms with van der Waals surface area (Å²) in [5.74, 6) is 1.16. The van der Waals surface area contributed by atoms with E-state index in [1.54, 1.807) is 27.0 Å². The van der Waals surface area contributed by atoms with Gasteiger partial charge in [0.15, 0.2) is 0 Å². The lowest BCUT2D eigenvalue weighted by atomic mass is 9.84. The molecule has 0 radical (unpaired) electrons. The van der Waals surface area contributed by atoms with Crippen LogP contribution in [0.1, 0.15) is 64.7 Å². The van der Waals surface area contributed by atoms with Crippen molar-refractivity contribution in [2.75, 3.05) is 6.26 Å². The molecule has 1 saturated carbocycles. The molecule has 1 aromatic carbocycles. The topological polar surface area (TPSA) is 150 Å². The summed E-state index contributed by atoms with van der Waals surface area (Å²) < 4.78 is 28.1. The van der Waals surface area contributed by atoms with Crippen molar-refractivity contribution in [3.8, 4) is 6.07 Å². The van der Waals surface area contributed by atoms with E-state index in [2.05, 4.69) is 25.7 Å². The molecule has 0 aliphatic heterocycles. The SMILES string of the molecule is CC(C)(C)NC(=O)O.CS(=O)(=O)NCc1nc2cnc3ccccc3c2n1C1CCC(CC#N)CC1. The van der Waals surface area contributed by atoms with Gasteiger partial charge in [0.2, 0.25) is 10.0 Å². The first-order valence-electron chi connectivity index (χ1n) is 11.9. The summed E-state index contributed by atoms with van der Waals surface area (Å²) in [4.78, 5) is 19.1. The number of nitrogens with one attached hydrogen (secondary N) is 2. The van der Waals surface area contributed by atoms with Crippen molar-refractivity contribution >= 4 is 38.1 Å². The van der Waals surface area contributed by atoms with E-state index in [0.29, 0.717) is 18.2 Å². The minimum absolute atomic E-state index is 0.153. The van der Waals surface area contributed by atoms with E-state index in [-0.39, 0.29) is 18.1 Å². The van der Waals surface area contributed by atoms with Crippen molar-refractivity contribution < 1.29 is 18.3 Å². The highest BCUT2D eigenvalue weighted by Crippen LogP contribution is 2.37. The van der Waals surface area contributed by atoms with Gasteiger partial charge in [-0.05, 0) is 58.4 Å². The van der Waals surface area contributed by atoms with Gasteiger partial charge in [-0.2, -0.15) is 5.26 Å². The fraction of sp³-hybridized carbons (Fsp3) is 0.520. The Hall–Kier alpha value is -3.23. The second kappa shape index (κ2) is 11.2. The first-order valence-corrected chi connectivity index (χ1v) is 13.8. The molecular weight excluding hydrogens is 480 g/mol. The van der Waals surface area contributed by atoms with Gasteiger partial charge in [0.05, 0.1) is 36.1 Å². The molecule has 0 spiro atoms. The van der Waals surface area contributed by atoms with E-state index in [9.17, 15) is 13.2 Å². The number of aromatic nitrogens is 3. The van der Waals surface area contributed by atoms with E-state index >= 15 is 0 Å². The van der Waals surface area contributed by atoms with Gasteiger partial charge >= 0.3 is 6.09 Å². The zero-order chi connectivity index (χ0) is 26.5. The molecule has 10 nitrogen and oxygen atoms in total. The Morgan fingerprint density at radius 3 is 2.42 bits per heavy atom. The van der Waals surface area contributed by atoms with E-state index in [0.717, 1.165) is 53.9 Å². The van der Waals surface area contributed by atoms with Crippen LogP contribution in [-0.4, -0.2) is 45.9 Å². The number of carboxylic acid groups (broad SMARTS) is 1. The number of sulfonamides is 1. The Labute approximate surface area is 211 Å². The summed E-state index contributed by atoms with van der Waals surface area (Å²) >= 11 is 0. The number of rotatable bonds is 5. The van der Waals surface area contributed by atoms with E-state index in [4.69, 9.17) is 15.4 Å². The monoisotopic (exact) mass is 514 g/mol. The molecule has 1 aliphatic rings. The second-order valence-corrected chi connectivity index (χ2v) is 12.1. The summed E-state index contributed by atoms with van der Waals surface area (Å²) in [6, 6.07) is 10.5. The number of amides is 1. The zero-order valence-electron chi connectivity index (χ0n) is 21.2. The number of nitrogens with zero attached hydrogens (tertiary/aromatic N) is 4. The quantitative estimate of drug-likeness (QED) is 0.458. The highest BCUT2D eigenvalue weighted by atomic mass is 32.2. The number of hydrogen-bond donors (Lipinski definition) is 3. The zero-order valence-corrected chi connectivity index (χ0v) is 22.0. The number of carbonyl (C=O) groups is 1. The van der Waals surface area contributed by atoms with Gasteiger partial charge in [-0.25, -0.2) is 22.9 Å². The van der Waals surface area contributed by atoms with Gasteiger partial charge < -0.3 is 15.0 Å². The standard InChI is InChI=1S/C20H23N5O2S.C5H11NO2/c1-28(26,27)23-13-19-24-18-12-22-17-5-3-2-4-16(17)20(18)25(19)15-8-6-14(7-9-15)10-11-21;1-5(2,3)6-4(7)8/h2-5,12,14-15,23H,6-10,13H2,1H3;6H,1-3H3,(H,7,8). The van der Waals surface area contributed by atoms with Gasteiger partial charge in [-0.3, -0.25) is 4.98 Å². The number of imidazole rings is 1. The summed E-state index contributed by atoms with van der Waals surface area (Å²) in [6.45, 7) is 5.53. The van der Waals surface area contributed by atoms with Crippen LogP contribution in [0.4, 0.5) is 4.79 Å². The maximum Gasteiger partial charge on any atom is 0.405 e. The van der Waals surface area contributed by atoms with Crippen LogP contribution >= 0.6 is 0 Å². The van der Waals surface area contributed by atoms with Crippen LogP contribution in [0.15, 0.2) is 30.5 Å². The molecule has 2 heterocycles. The van der Waals surface area contributed by atoms with Crippen molar-refractivity contribution in [2.24, 2.45) is 5.92 Å². The lowest BCUT2D eigenvalue weighted by Gasteiger charge is -2.30. The first kappa shape index (κ1) is 27.4. The van der Waals surface area contributed by atoms with Gasteiger partial charge in [0.25, 0.3) is 0 Å². The molecule has 11 heteroatoms. The number of pyridine rings is 1. The van der Waals surface area contributed by atoms with Crippen molar-refractivity contribution in [3.63, 3.8) is 0 Å². The van der Waals surface area contributed by atoms with Gasteiger partial charge in [-0.15, -0.1) is 0 Å². The molecular formula is C25H34N6O4S. The van der Waals surface area contributed by atoms with Crippen LogP contribution in [0.3, 0.4) is 0 Å². The molecule has 0 atom stereocenters. The average Bonchev–Trinajstić information content (AvgIpc) is 3.16. The third-order valence-corrected chi connectivity index (χ3v) is 6.70. The summed E-state index contributed by atoms with van der Waals surface area (Å²) in [7, 11) is -3.32. The fourth-order valence-corrected chi connectivity index (χ4v) is 4.94. The molecule has 4 rings (SSSR count). The number of hydrogen-bond acceptors (Lipinski definition) is 6. The Kier molecular flexibility index (Phi) is 8.53. The van der Waals surface area contributed by atoms with E-state index in [1.807, 2.05) is 24.3 Å². The van der Waals surface area contributed by atoms with Gasteiger partial charge in [-0.1, -0.05) is 18.2 Å². The fourth-order valence-electron chi connectivity index (χ4n) is 4.54. The minimum atomic E-state index is -3.32. The van der Waals surface area contributed by atoms with E-state index in [1.165, 1.54) is 0 Å². The average molecular weight is 515 g/mol. The van der Waals surface area contributed by atoms with Crippen molar-refractivity contribution in [1.82, 2.24) is 24.6 Å². The van der Waals surface area contributed by atoms with Crippen LogP contribution in [0.25, 0.3) is 21.9 Å². The van der Waals surface area contributed by atoms with Gasteiger partial charge in [0.1, 0.15) is 11.3 Å². The second-order valence-electron chi connectivity index (χ2n) is 10.2. The lowest BCUT2D eigenvalue weighted by molar-refractivity contribution is 0.184. The largest absolute Gasteiger partial charge is 0.465 e. The molecule has 1 amide bonds. The van der Waals surface area contributed by atoms with Crippen molar-refractivity contribution in [3.05, 3.63) is 36.3 Å². The third kappa shape index (κ3) is 7.38. The van der Waals surface area contributed by atoms with Crippen LogP contribution in [0.5, 0.6) is 0 Å². The Bertz CT molecular complexity index is 1360. The number of nitriles is 1. The molecule has 2 aromatic heterocycles. The van der Waals surface area contributed by atoms with Crippen molar-refractivity contribution in [1.29, 1.82) is 5.26 Å². The highest BCUT2D eigenvalue weighted by Gasteiger charge is 2.27. The maximum absolute atomic E-state index is 11.6. The van der Waals surface area contributed by atoms with Crippen LogP contribution in [-0.2, 0) is 16.6 Å². The Morgan fingerprint density at radius 1 is 1.19 bits per heavy atom. The highest BCUT2D eigenvalue weighted by molar-refractivity contribution is 7.88. The van der Waals surface area contributed by atoms with Crippen LogP contribution < -0.4 is 10.0 Å². The molecule has 36 heavy (non-hydrogen) atoms. The predicted molar refractivity (Wildman–Crippen MR) is 139 cm³/mol. The molecule has 0 saturated heterocycles. The lowest BCUT2D eigenvalue weighted by Crippen LogP contribution is -2.39. The smallest absolute Gasteiger partial charge is 0.405 e. The molecule has 0 unspecified atom stereocenters. The predicted octanol–water partition coefficient (Wildman–Crippen LogP) is 4.33. The molecule has 3 aromatic rings. The maximum atomic E-state index is 11.6. The number of para-hydroxylation sites is 1. The molecule has 3 N–H and O–H groups in total.